The number of amides is 1. The Morgan fingerprint density at radius 1 is 1.21 bits per heavy atom. The summed E-state index contributed by atoms with van der Waals surface area (Å²) in [7, 11) is 1.91. The Balaban J connectivity index is 1.48. The van der Waals surface area contributed by atoms with Crippen molar-refractivity contribution in [1.82, 2.24) is 19.7 Å². The van der Waals surface area contributed by atoms with Gasteiger partial charge in [-0.05, 0) is 18.6 Å². The highest BCUT2D eigenvalue weighted by atomic mass is 16.5. The van der Waals surface area contributed by atoms with E-state index in [0.717, 1.165) is 31.0 Å². The van der Waals surface area contributed by atoms with Crippen LogP contribution in [0.2, 0.25) is 0 Å². The van der Waals surface area contributed by atoms with Crippen molar-refractivity contribution in [3.05, 3.63) is 42.5 Å². The van der Waals surface area contributed by atoms with Gasteiger partial charge in [0.25, 0.3) is 0 Å². The number of carbonyl (C=O) groups is 1. The van der Waals surface area contributed by atoms with Crippen LogP contribution in [0.3, 0.4) is 0 Å². The third-order valence-corrected chi connectivity index (χ3v) is 4.82. The fourth-order valence-corrected chi connectivity index (χ4v) is 3.56. The summed E-state index contributed by atoms with van der Waals surface area (Å²) < 4.78 is 7.73. The molecule has 2 unspecified atom stereocenters. The Hall–Kier alpha value is -2.25. The summed E-state index contributed by atoms with van der Waals surface area (Å²) in [6.07, 6.45) is 2.39. The predicted octanol–water partition coefficient (Wildman–Crippen LogP) is 0.994. The summed E-state index contributed by atoms with van der Waals surface area (Å²) in [6.45, 7) is 2.81. The van der Waals surface area contributed by atoms with E-state index < -0.39 is 0 Å². The first-order valence-corrected chi connectivity index (χ1v) is 8.30. The van der Waals surface area contributed by atoms with Crippen LogP contribution in [0, 0.1) is 0 Å². The molecule has 2 aromatic rings. The van der Waals surface area contributed by atoms with Crippen molar-refractivity contribution >= 4 is 11.6 Å². The van der Waals surface area contributed by atoms with Gasteiger partial charge in [-0.15, -0.1) is 10.2 Å². The van der Waals surface area contributed by atoms with Crippen LogP contribution in [0.15, 0.2) is 36.7 Å². The lowest BCUT2D eigenvalue weighted by atomic mass is 10.1. The van der Waals surface area contributed by atoms with Gasteiger partial charge in [-0.2, -0.15) is 0 Å². The molecule has 2 fully saturated rings. The fraction of sp³-hybridized carbons (Fsp3) is 0.471. The van der Waals surface area contributed by atoms with Crippen molar-refractivity contribution in [1.29, 1.82) is 0 Å². The van der Waals surface area contributed by atoms with E-state index >= 15 is 0 Å². The van der Waals surface area contributed by atoms with Gasteiger partial charge in [0.2, 0.25) is 5.91 Å². The molecule has 2 saturated heterocycles. The second-order valence-electron chi connectivity index (χ2n) is 6.28. The summed E-state index contributed by atoms with van der Waals surface area (Å²) in [5.74, 6) is 0.991. The molecule has 0 aliphatic carbocycles. The van der Waals surface area contributed by atoms with Crippen molar-refractivity contribution in [3.8, 4) is 0 Å². The molecule has 7 nitrogen and oxygen atoms in total. The molecule has 2 atom stereocenters. The minimum Gasteiger partial charge on any atom is -0.368 e. The largest absolute Gasteiger partial charge is 0.368 e. The molecule has 24 heavy (non-hydrogen) atoms. The lowest BCUT2D eigenvalue weighted by molar-refractivity contribution is -0.125. The number of aromatic nitrogens is 3. The van der Waals surface area contributed by atoms with Crippen LogP contribution in [-0.2, 0) is 16.6 Å². The summed E-state index contributed by atoms with van der Waals surface area (Å²) in [5, 5.41) is 8.07. The zero-order valence-electron chi connectivity index (χ0n) is 13.7. The summed E-state index contributed by atoms with van der Waals surface area (Å²) in [6, 6.07) is 9.80. The van der Waals surface area contributed by atoms with E-state index in [4.69, 9.17) is 4.74 Å². The second-order valence-corrected chi connectivity index (χ2v) is 6.28. The maximum Gasteiger partial charge on any atom is 0.244 e. The molecule has 0 saturated carbocycles. The molecular formula is C17H21N5O2. The van der Waals surface area contributed by atoms with Crippen molar-refractivity contribution in [2.75, 3.05) is 31.1 Å². The van der Waals surface area contributed by atoms with Crippen LogP contribution in [-0.4, -0.2) is 57.9 Å². The van der Waals surface area contributed by atoms with Crippen molar-refractivity contribution in [2.24, 2.45) is 7.05 Å². The number of rotatable bonds is 3. The molecule has 0 spiro atoms. The second kappa shape index (κ2) is 6.33. The van der Waals surface area contributed by atoms with Crippen LogP contribution < -0.4 is 4.90 Å². The molecule has 2 aliphatic heterocycles. The molecule has 0 radical (unpaired) electrons. The van der Waals surface area contributed by atoms with E-state index in [1.54, 1.807) is 6.33 Å². The highest BCUT2D eigenvalue weighted by Crippen LogP contribution is 2.28. The number of hydrogen-bond acceptors (Lipinski definition) is 5. The van der Waals surface area contributed by atoms with Gasteiger partial charge in [-0.3, -0.25) is 9.69 Å². The number of ether oxygens (including phenoxy) is 1. The van der Waals surface area contributed by atoms with Crippen molar-refractivity contribution in [2.45, 2.75) is 18.6 Å². The number of carbonyl (C=O) groups excluding carboxylic acids is 1. The Morgan fingerprint density at radius 3 is 2.79 bits per heavy atom. The molecule has 4 rings (SSSR count). The van der Waals surface area contributed by atoms with Gasteiger partial charge in [-0.1, -0.05) is 18.2 Å². The minimum absolute atomic E-state index is 0.0789. The monoisotopic (exact) mass is 327 g/mol. The average molecular weight is 327 g/mol. The van der Waals surface area contributed by atoms with E-state index in [-0.39, 0.29) is 18.1 Å². The number of nitrogens with zero attached hydrogens (tertiary/aromatic N) is 5. The first kappa shape index (κ1) is 15.3. The third kappa shape index (κ3) is 2.70. The molecular weight excluding hydrogens is 306 g/mol. The van der Waals surface area contributed by atoms with E-state index in [2.05, 4.69) is 15.1 Å². The number of anilines is 1. The first-order valence-electron chi connectivity index (χ1n) is 8.30. The molecule has 3 heterocycles. The van der Waals surface area contributed by atoms with Crippen molar-refractivity contribution < 1.29 is 9.53 Å². The minimum atomic E-state index is -0.134. The SMILES string of the molecule is Cn1cnnc1C1CN(C2CCN(c3ccccc3)C2=O)CCO1. The standard InChI is InChI=1S/C17H21N5O2/c1-20-12-18-19-16(20)15-11-21(9-10-24-15)14-7-8-22(17(14)23)13-5-3-2-4-6-13/h2-6,12,14-15H,7-11H2,1H3. The lowest BCUT2D eigenvalue weighted by Crippen LogP contribution is -2.48. The predicted molar refractivity (Wildman–Crippen MR) is 88.5 cm³/mol. The van der Waals surface area contributed by atoms with Crippen LogP contribution >= 0.6 is 0 Å². The third-order valence-electron chi connectivity index (χ3n) is 4.82. The highest BCUT2D eigenvalue weighted by Gasteiger charge is 2.39. The number of para-hydroxylation sites is 1. The maximum absolute atomic E-state index is 12.9. The van der Waals surface area contributed by atoms with Crippen LogP contribution in [0.5, 0.6) is 0 Å². The van der Waals surface area contributed by atoms with E-state index in [1.165, 1.54) is 0 Å². The van der Waals surface area contributed by atoms with Gasteiger partial charge in [0.05, 0.1) is 12.6 Å². The van der Waals surface area contributed by atoms with Gasteiger partial charge in [-0.25, -0.2) is 0 Å². The zero-order valence-corrected chi connectivity index (χ0v) is 13.7. The Bertz CT molecular complexity index is 717. The number of hydrogen-bond donors (Lipinski definition) is 0. The highest BCUT2D eigenvalue weighted by molar-refractivity contribution is 5.99. The normalized spacial score (nSPS) is 25.4. The summed E-state index contributed by atoms with van der Waals surface area (Å²) in [5.41, 5.74) is 0.975. The quantitative estimate of drug-likeness (QED) is 0.841. The van der Waals surface area contributed by atoms with E-state index in [1.807, 2.05) is 46.8 Å². The first-order chi connectivity index (χ1) is 11.7. The molecule has 7 heteroatoms. The Labute approximate surface area is 140 Å². The van der Waals surface area contributed by atoms with Crippen LogP contribution in [0.25, 0.3) is 0 Å². The van der Waals surface area contributed by atoms with Gasteiger partial charge in [0.15, 0.2) is 5.82 Å². The summed E-state index contributed by atoms with van der Waals surface area (Å²) >= 11 is 0. The van der Waals surface area contributed by atoms with E-state index in [9.17, 15) is 4.79 Å². The van der Waals surface area contributed by atoms with Gasteiger partial charge >= 0.3 is 0 Å². The van der Waals surface area contributed by atoms with E-state index in [0.29, 0.717) is 13.2 Å². The molecule has 1 amide bonds. The van der Waals surface area contributed by atoms with Crippen LogP contribution in [0.1, 0.15) is 18.3 Å². The molecule has 1 aromatic carbocycles. The molecule has 0 bridgehead atoms. The average Bonchev–Trinajstić information content (AvgIpc) is 3.21. The molecule has 2 aliphatic rings. The number of aryl methyl sites for hydroxylation is 1. The van der Waals surface area contributed by atoms with Crippen molar-refractivity contribution in [3.63, 3.8) is 0 Å². The number of benzene rings is 1. The maximum atomic E-state index is 12.9. The summed E-state index contributed by atoms with van der Waals surface area (Å²) in [4.78, 5) is 17.0. The molecule has 0 N–H and O–H groups in total. The fourth-order valence-electron chi connectivity index (χ4n) is 3.56. The van der Waals surface area contributed by atoms with Gasteiger partial charge < -0.3 is 14.2 Å². The smallest absolute Gasteiger partial charge is 0.244 e. The lowest BCUT2D eigenvalue weighted by Gasteiger charge is -2.35. The number of morpholine rings is 1. The van der Waals surface area contributed by atoms with Crippen LogP contribution in [0.4, 0.5) is 5.69 Å². The van der Waals surface area contributed by atoms with Gasteiger partial charge in [0, 0.05) is 32.4 Å². The van der Waals surface area contributed by atoms with Gasteiger partial charge in [0.1, 0.15) is 12.4 Å². The Morgan fingerprint density at radius 2 is 2.04 bits per heavy atom. The zero-order chi connectivity index (χ0) is 16.5. The molecule has 1 aromatic heterocycles. The molecule has 126 valence electrons. The topological polar surface area (TPSA) is 63.5 Å². The Kier molecular flexibility index (Phi) is 4.03.